The number of unbranched alkanes of at least 4 members (excludes halogenated alkanes) is 1. The monoisotopic (exact) mass is 457 g/mol. The van der Waals surface area contributed by atoms with Crippen molar-refractivity contribution >= 4 is 49.1 Å². The van der Waals surface area contributed by atoms with Crippen molar-refractivity contribution in [3.05, 3.63) is 20.8 Å². The topological polar surface area (TPSA) is 89.3 Å². The van der Waals surface area contributed by atoms with E-state index in [0.717, 1.165) is 23.3 Å². The second-order valence-electron chi connectivity index (χ2n) is 7.52. The number of hydrogen-bond acceptors (Lipinski definition) is 7. The molecule has 1 atom stereocenters. The Morgan fingerprint density at radius 1 is 1.38 bits per heavy atom. The van der Waals surface area contributed by atoms with Crippen molar-refractivity contribution < 1.29 is 13.2 Å². The number of rotatable bonds is 7. The Morgan fingerprint density at radius 3 is 2.72 bits per heavy atom. The normalized spacial score (nSPS) is 18.4. The summed E-state index contributed by atoms with van der Waals surface area (Å²) in [5, 5.41) is 1.23. The molecule has 1 fully saturated rings. The zero-order valence-electron chi connectivity index (χ0n) is 17.2. The number of hydrogen-bond donors (Lipinski definition) is 0. The molecule has 0 spiro atoms. The fourth-order valence-corrected chi connectivity index (χ4v) is 7.24. The van der Waals surface area contributed by atoms with Crippen LogP contribution in [0.1, 0.15) is 36.6 Å². The highest BCUT2D eigenvalue weighted by atomic mass is 32.2. The van der Waals surface area contributed by atoms with Crippen molar-refractivity contribution in [1.29, 1.82) is 0 Å². The number of aromatic nitrogens is 2. The van der Waals surface area contributed by atoms with Gasteiger partial charge >= 0.3 is 0 Å². The minimum Gasteiger partial charge on any atom is -0.341 e. The van der Waals surface area contributed by atoms with Crippen molar-refractivity contribution in [2.75, 3.05) is 24.3 Å². The number of aryl methyl sites for hydroxylation is 2. The Morgan fingerprint density at radius 2 is 2.10 bits per heavy atom. The Bertz CT molecular complexity index is 1090. The van der Waals surface area contributed by atoms with Crippen LogP contribution in [0, 0.1) is 13.8 Å². The number of sulfone groups is 1. The molecule has 0 radical (unpaired) electrons. The summed E-state index contributed by atoms with van der Waals surface area (Å²) in [5.41, 5.74) is 0.929. The average Bonchev–Trinajstić information content (AvgIpc) is 3.17. The van der Waals surface area contributed by atoms with Gasteiger partial charge in [-0.2, -0.15) is 0 Å². The summed E-state index contributed by atoms with van der Waals surface area (Å²) >= 11 is 2.76. The van der Waals surface area contributed by atoms with E-state index in [0.29, 0.717) is 28.3 Å². The maximum absolute atomic E-state index is 13.1. The summed E-state index contributed by atoms with van der Waals surface area (Å²) in [6.45, 7) is 6.57. The van der Waals surface area contributed by atoms with E-state index in [4.69, 9.17) is 4.98 Å². The summed E-state index contributed by atoms with van der Waals surface area (Å²) in [7, 11) is -1.39. The van der Waals surface area contributed by atoms with E-state index in [1.165, 1.54) is 28.0 Å². The van der Waals surface area contributed by atoms with Gasteiger partial charge in [-0.3, -0.25) is 14.2 Å². The van der Waals surface area contributed by atoms with Gasteiger partial charge in [0.15, 0.2) is 15.0 Å². The lowest BCUT2D eigenvalue weighted by atomic mass is 10.2. The molecular weight excluding hydrogens is 430 g/mol. The van der Waals surface area contributed by atoms with E-state index in [9.17, 15) is 18.0 Å². The lowest BCUT2D eigenvalue weighted by Gasteiger charge is -2.23. The zero-order valence-corrected chi connectivity index (χ0v) is 19.7. The van der Waals surface area contributed by atoms with E-state index in [-0.39, 0.29) is 34.8 Å². The summed E-state index contributed by atoms with van der Waals surface area (Å²) in [6, 6.07) is -0.270. The molecule has 3 rings (SSSR count). The third-order valence-corrected chi connectivity index (χ3v) is 9.28. The second kappa shape index (κ2) is 8.77. The van der Waals surface area contributed by atoms with Gasteiger partial charge in [0.25, 0.3) is 5.56 Å². The molecule has 1 saturated heterocycles. The van der Waals surface area contributed by atoms with Crippen LogP contribution in [0.4, 0.5) is 0 Å². The van der Waals surface area contributed by atoms with Crippen molar-refractivity contribution in [3.8, 4) is 0 Å². The maximum Gasteiger partial charge on any atom is 0.263 e. The quantitative estimate of drug-likeness (QED) is 0.469. The minimum absolute atomic E-state index is 0.0269. The first-order valence-electron chi connectivity index (χ1n) is 9.74. The van der Waals surface area contributed by atoms with Crippen LogP contribution in [0.2, 0.25) is 0 Å². The number of thioether (sulfide) groups is 1. The van der Waals surface area contributed by atoms with Gasteiger partial charge in [-0.25, -0.2) is 13.4 Å². The molecule has 1 unspecified atom stereocenters. The first kappa shape index (κ1) is 22.3. The van der Waals surface area contributed by atoms with E-state index in [1.807, 2.05) is 13.8 Å². The summed E-state index contributed by atoms with van der Waals surface area (Å²) < 4.78 is 25.1. The molecule has 0 saturated carbocycles. The van der Waals surface area contributed by atoms with Gasteiger partial charge in [0.2, 0.25) is 5.91 Å². The Kier molecular flexibility index (Phi) is 6.74. The number of carbonyl (C=O) groups is 1. The Labute approximate surface area is 179 Å². The van der Waals surface area contributed by atoms with Gasteiger partial charge in [0.1, 0.15) is 4.83 Å². The van der Waals surface area contributed by atoms with E-state index in [1.54, 1.807) is 11.6 Å². The largest absolute Gasteiger partial charge is 0.341 e. The maximum atomic E-state index is 13.1. The lowest BCUT2D eigenvalue weighted by molar-refractivity contribution is -0.128. The van der Waals surface area contributed by atoms with Gasteiger partial charge < -0.3 is 4.90 Å². The third kappa shape index (κ3) is 4.69. The molecule has 0 bridgehead atoms. The van der Waals surface area contributed by atoms with Crippen molar-refractivity contribution in [2.45, 2.75) is 57.8 Å². The summed E-state index contributed by atoms with van der Waals surface area (Å²) in [4.78, 5) is 33.8. The third-order valence-electron chi connectivity index (χ3n) is 5.46. The molecule has 1 aliphatic rings. The number of nitrogens with zero attached hydrogens (tertiary/aromatic N) is 3. The molecular formula is C19H27N3O4S3. The summed E-state index contributed by atoms with van der Waals surface area (Å²) in [6.07, 6.45) is 2.29. The smallest absolute Gasteiger partial charge is 0.263 e. The van der Waals surface area contributed by atoms with Gasteiger partial charge in [-0.1, -0.05) is 25.1 Å². The molecule has 29 heavy (non-hydrogen) atoms. The van der Waals surface area contributed by atoms with Crippen LogP contribution in [0.3, 0.4) is 0 Å². The van der Waals surface area contributed by atoms with Crippen LogP contribution in [0.5, 0.6) is 0 Å². The molecule has 2 aromatic rings. The van der Waals surface area contributed by atoms with Crippen molar-refractivity contribution in [2.24, 2.45) is 0 Å². The number of carbonyl (C=O) groups excluding carboxylic acids is 1. The van der Waals surface area contributed by atoms with E-state index in [2.05, 4.69) is 6.92 Å². The van der Waals surface area contributed by atoms with Crippen LogP contribution < -0.4 is 5.56 Å². The van der Waals surface area contributed by atoms with Crippen LogP contribution in [0.25, 0.3) is 10.2 Å². The van der Waals surface area contributed by atoms with Gasteiger partial charge in [0.05, 0.1) is 22.6 Å². The fourth-order valence-electron chi connectivity index (χ4n) is 3.44. The number of amides is 1. The van der Waals surface area contributed by atoms with Crippen LogP contribution in [-0.2, 0) is 21.2 Å². The van der Waals surface area contributed by atoms with E-state index >= 15 is 0 Å². The lowest BCUT2D eigenvalue weighted by Crippen LogP contribution is -2.39. The Hall–Kier alpha value is -1.39. The highest BCUT2D eigenvalue weighted by Crippen LogP contribution is 2.29. The standard InChI is InChI=1S/C19H27N3O4S3/c1-5-6-8-22-18(24)16-12(2)13(3)28-17(16)20-19(22)27-10-15(23)21(4)14-7-9-29(25,26)11-14/h14H,5-11H2,1-4H3. The molecule has 0 N–H and O–H groups in total. The second-order valence-corrected chi connectivity index (χ2v) is 11.9. The molecule has 3 heterocycles. The van der Waals surface area contributed by atoms with Crippen LogP contribution >= 0.6 is 23.1 Å². The van der Waals surface area contributed by atoms with Crippen molar-refractivity contribution in [3.63, 3.8) is 0 Å². The molecule has 10 heteroatoms. The zero-order chi connectivity index (χ0) is 21.3. The highest BCUT2D eigenvalue weighted by molar-refractivity contribution is 7.99. The molecule has 1 amide bonds. The van der Waals surface area contributed by atoms with Crippen LogP contribution in [-0.4, -0.2) is 59.1 Å². The molecule has 7 nitrogen and oxygen atoms in total. The Balaban J connectivity index is 1.83. The van der Waals surface area contributed by atoms with E-state index < -0.39 is 9.84 Å². The molecule has 0 aliphatic carbocycles. The molecule has 2 aromatic heterocycles. The molecule has 160 valence electrons. The van der Waals surface area contributed by atoms with Gasteiger partial charge in [-0.05, 0) is 32.3 Å². The highest BCUT2D eigenvalue weighted by Gasteiger charge is 2.32. The van der Waals surface area contributed by atoms with Gasteiger partial charge in [0, 0.05) is 24.5 Å². The number of fused-ring (bicyclic) bond motifs is 1. The predicted molar refractivity (Wildman–Crippen MR) is 119 cm³/mol. The van der Waals surface area contributed by atoms with Crippen LogP contribution in [0.15, 0.2) is 9.95 Å². The molecule has 0 aromatic carbocycles. The minimum atomic E-state index is -3.05. The summed E-state index contributed by atoms with van der Waals surface area (Å²) in [5.74, 6) is 0.139. The van der Waals surface area contributed by atoms with Gasteiger partial charge in [-0.15, -0.1) is 11.3 Å². The molecule has 1 aliphatic heterocycles. The fraction of sp³-hybridized carbons (Fsp3) is 0.632. The van der Waals surface area contributed by atoms with Crippen molar-refractivity contribution in [1.82, 2.24) is 14.5 Å². The first-order valence-corrected chi connectivity index (χ1v) is 13.4. The number of thiophene rings is 1. The predicted octanol–water partition coefficient (Wildman–Crippen LogP) is 2.61. The first-order chi connectivity index (χ1) is 13.6. The average molecular weight is 458 g/mol. The SMILES string of the molecule is CCCCn1c(SCC(=O)N(C)C2CCS(=O)(=O)C2)nc2sc(C)c(C)c2c1=O.